The summed E-state index contributed by atoms with van der Waals surface area (Å²) in [6, 6.07) is 4.50. The first-order valence-corrected chi connectivity index (χ1v) is 5.58. The van der Waals surface area contributed by atoms with E-state index >= 15 is 0 Å². The predicted octanol–water partition coefficient (Wildman–Crippen LogP) is 1.95. The standard InChI is InChI=1S/C11H15ClN2O/c1-15-11-8(3-2-4-13-11)7-14-10-5-9(12)6-10/h2-4,9-10,14H,5-7H2,1H3. The van der Waals surface area contributed by atoms with Crippen LogP contribution in [0.3, 0.4) is 0 Å². The molecule has 0 aliphatic heterocycles. The van der Waals surface area contributed by atoms with Crippen molar-refractivity contribution in [1.82, 2.24) is 10.3 Å². The van der Waals surface area contributed by atoms with E-state index in [1.807, 2.05) is 12.1 Å². The van der Waals surface area contributed by atoms with Gasteiger partial charge in [-0.3, -0.25) is 0 Å². The number of alkyl halides is 1. The number of hydrogen-bond acceptors (Lipinski definition) is 3. The van der Waals surface area contributed by atoms with Crippen LogP contribution in [0.25, 0.3) is 0 Å². The molecule has 0 unspecified atom stereocenters. The Hall–Kier alpha value is -0.800. The molecule has 0 radical (unpaired) electrons. The lowest BCUT2D eigenvalue weighted by Gasteiger charge is -2.31. The number of nitrogens with zero attached hydrogens (tertiary/aromatic N) is 1. The number of hydrogen-bond donors (Lipinski definition) is 1. The summed E-state index contributed by atoms with van der Waals surface area (Å²) in [4.78, 5) is 4.15. The van der Waals surface area contributed by atoms with Crippen LogP contribution < -0.4 is 10.1 Å². The molecular weight excluding hydrogens is 212 g/mol. The zero-order valence-electron chi connectivity index (χ0n) is 8.74. The molecule has 1 aliphatic rings. The zero-order valence-corrected chi connectivity index (χ0v) is 9.50. The average Bonchev–Trinajstić information content (AvgIpc) is 2.23. The fourth-order valence-corrected chi connectivity index (χ4v) is 2.14. The molecule has 0 bridgehead atoms. The molecule has 0 aromatic carbocycles. The molecule has 1 aromatic heterocycles. The lowest BCUT2D eigenvalue weighted by molar-refractivity contribution is 0.338. The summed E-state index contributed by atoms with van der Waals surface area (Å²) in [5, 5.41) is 3.80. The fourth-order valence-electron chi connectivity index (χ4n) is 1.71. The van der Waals surface area contributed by atoms with Gasteiger partial charge >= 0.3 is 0 Å². The minimum atomic E-state index is 0.360. The third kappa shape index (κ3) is 2.61. The number of halogens is 1. The van der Waals surface area contributed by atoms with E-state index in [0.29, 0.717) is 17.3 Å². The first-order chi connectivity index (χ1) is 7.29. The molecule has 1 N–H and O–H groups in total. The summed E-state index contributed by atoms with van der Waals surface area (Å²) in [7, 11) is 1.64. The van der Waals surface area contributed by atoms with Crippen molar-refractivity contribution in [1.29, 1.82) is 0 Å². The summed E-state index contributed by atoms with van der Waals surface area (Å²) >= 11 is 5.91. The van der Waals surface area contributed by atoms with Gasteiger partial charge in [0.1, 0.15) is 0 Å². The van der Waals surface area contributed by atoms with E-state index in [1.54, 1.807) is 13.3 Å². The van der Waals surface area contributed by atoms with Gasteiger partial charge < -0.3 is 10.1 Å². The summed E-state index contributed by atoms with van der Waals surface area (Å²) in [5.74, 6) is 0.701. The topological polar surface area (TPSA) is 34.1 Å². The maximum absolute atomic E-state index is 5.91. The van der Waals surface area contributed by atoms with Gasteiger partial charge in [0.15, 0.2) is 0 Å². The van der Waals surface area contributed by atoms with E-state index < -0.39 is 0 Å². The SMILES string of the molecule is COc1ncccc1CNC1CC(Cl)C1. The van der Waals surface area contributed by atoms with Gasteiger partial charge in [0.2, 0.25) is 5.88 Å². The number of aromatic nitrogens is 1. The number of nitrogens with one attached hydrogen (secondary N) is 1. The van der Waals surface area contributed by atoms with Crippen LogP contribution in [-0.2, 0) is 6.54 Å². The van der Waals surface area contributed by atoms with Crippen LogP contribution in [0.1, 0.15) is 18.4 Å². The molecule has 0 saturated heterocycles. The Morgan fingerprint density at radius 1 is 1.60 bits per heavy atom. The van der Waals surface area contributed by atoms with Crippen molar-refractivity contribution in [2.75, 3.05) is 7.11 Å². The van der Waals surface area contributed by atoms with Crippen LogP contribution in [0.4, 0.5) is 0 Å². The summed E-state index contributed by atoms with van der Waals surface area (Å²) in [5.41, 5.74) is 1.10. The van der Waals surface area contributed by atoms with Gasteiger partial charge in [-0.15, -0.1) is 11.6 Å². The van der Waals surface area contributed by atoms with Crippen LogP contribution in [0, 0.1) is 0 Å². The highest BCUT2D eigenvalue weighted by Gasteiger charge is 2.26. The molecular formula is C11H15ClN2O. The van der Waals surface area contributed by atoms with Gasteiger partial charge in [-0.2, -0.15) is 0 Å². The van der Waals surface area contributed by atoms with Crippen LogP contribution in [0.2, 0.25) is 0 Å². The zero-order chi connectivity index (χ0) is 10.7. The smallest absolute Gasteiger partial charge is 0.217 e. The largest absolute Gasteiger partial charge is 0.481 e. The van der Waals surface area contributed by atoms with Crippen LogP contribution >= 0.6 is 11.6 Å². The third-order valence-corrected chi connectivity index (χ3v) is 3.06. The van der Waals surface area contributed by atoms with Crippen molar-refractivity contribution in [2.45, 2.75) is 30.8 Å². The minimum absolute atomic E-state index is 0.360. The molecule has 15 heavy (non-hydrogen) atoms. The van der Waals surface area contributed by atoms with Crippen molar-refractivity contribution in [2.24, 2.45) is 0 Å². The molecule has 1 fully saturated rings. The van der Waals surface area contributed by atoms with Crippen molar-refractivity contribution in [3.63, 3.8) is 0 Å². The molecule has 1 heterocycles. The molecule has 1 aliphatic carbocycles. The van der Waals surface area contributed by atoms with Crippen molar-refractivity contribution < 1.29 is 4.74 Å². The first kappa shape index (κ1) is 10.7. The minimum Gasteiger partial charge on any atom is -0.481 e. The Morgan fingerprint density at radius 2 is 2.40 bits per heavy atom. The monoisotopic (exact) mass is 226 g/mol. The Bertz CT molecular complexity index is 326. The maximum Gasteiger partial charge on any atom is 0.217 e. The Morgan fingerprint density at radius 3 is 3.07 bits per heavy atom. The Balaban J connectivity index is 1.87. The summed E-state index contributed by atoms with van der Waals surface area (Å²) in [6.07, 6.45) is 3.86. The van der Waals surface area contributed by atoms with Crippen LogP contribution in [0.15, 0.2) is 18.3 Å². The van der Waals surface area contributed by atoms with E-state index in [9.17, 15) is 0 Å². The van der Waals surface area contributed by atoms with Gasteiger partial charge in [0.25, 0.3) is 0 Å². The average molecular weight is 227 g/mol. The Kier molecular flexibility index (Phi) is 3.44. The van der Waals surface area contributed by atoms with Gasteiger partial charge in [-0.05, 0) is 18.9 Å². The van der Waals surface area contributed by atoms with Gasteiger partial charge in [-0.1, -0.05) is 6.07 Å². The molecule has 0 amide bonds. The van der Waals surface area contributed by atoms with E-state index in [1.165, 1.54) is 0 Å². The molecule has 3 nitrogen and oxygen atoms in total. The molecule has 1 saturated carbocycles. The predicted molar refractivity (Wildman–Crippen MR) is 60.3 cm³/mol. The van der Waals surface area contributed by atoms with Crippen molar-refractivity contribution in [3.05, 3.63) is 23.9 Å². The lowest BCUT2D eigenvalue weighted by atomic mass is 9.92. The van der Waals surface area contributed by atoms with Gasteiger partial charge in [0.05, 0.1) is 7.11 Å². The number of methoxy groups -OCH3 is 1. The Labute approximate surface area is 94.8 Å². The van der Waals surface area contributed by atoms with E-state index in [2.05, 4.69) is 10.3 Å². The summed E-state index contributed by atoms with van der Waals surface area (Å²) < 4.78 is 5.17. The first-order valence-electron chi connectivity index (χ1n) is 5.15. The highest BCUT2D eigenvalue weighted by atomic mass is 35.5. The highest BCUT2D eigenvalue weighted by Crippen LogP contribution is 2.26. The molecule has 0 spiro atoms. The second-order valence-electron chi connectivity index (χ2n) is 3.82. The lowest BCUT2D eigenvalue weighted by Crippen LogP contribution is -2.41. The van der Waals surface area contributed by atoms with E-state index in [4.69, 9.17) is 16.3 Å². The second-order valence-corrected chi connectivity index (χ2v) is 4.44. The van der Waals surface area contributed by atoms with Gasteiger partial charge in [-0.25, -0.2) is 4.98 Å². The van der Waals surface area contributed by atoms with Crippen molar-refractivity contribution in [3.8, 4) is 5.88 Å². The highest BCUT2D eigenvalue weighted by molar-refractivity contribution is 6.21. The van der Waals surface area contributed by atoms with E-state index in [0.717, 1.165) is 24.9 Å². The number of rotatable bonds is 4. The van der Waals surface area contributed by atoms with Gasteiger partial charge in [0, 0.05) is 29.7 Å². The quantitative estimate of drug-likeness (QED) is 0.797. The van der Waals surface area contributed by atoms with Crippen LogP contribution in [-0.4, -0.2) is 23.5 Å². The summed E-state index contributed by atoms with van der Waals surface area (Å²) in [6.45, 7) is 0.797. The normalized spacial score (nSPS) is 24.7. The molecule has 1 aromatic rings. The molecule has 2 rings (SSSR count). The molecule has 0 atom stereocenters. The number of ether oxygens (including phenoxy) is 1. The van der Waals surface area contributed by atoms with E-state index in [-0.39, 0.29) is 0 Å². The molecule has 82 valence electrons. The van der Waals surface area contributed by atoms with Crippen LogP contribution in [0.5, 0.6) is 5.88 Å². The maximum atomic E-state index is 5.91. The fraction of sp³-hybridized carbons (Fsp3) is 0.545. The number of pyridine rings is 1. The van der Waals surface area contributed by atoms with Crippen molar-refractivity contribution >= 4 is 11.6 Å². The molecule has 4 heteroatoms. The second kappa shape index (κ2) is 4.81. The third-order valence-electron chi connectivity index (χ3n) is 2.71.